The standard InChI is InChI=1S/C15H21F2N/c1-18-15(9-6-11-4-2-3-5-11)13-8-7-12(16)10-14(13)17/h7-8,10-11,15,18H,2-6,9H2,1H3. The highest BCUT2D eigenvalue weighted by Gasteiger charge is 2.19. The van der Waals surface area contributed by atoms with Gasteiger partial charge in [0.2, 0.25) is 0 Å². The number of hydrogen-bond acceptors (Lipinski definition) is 1. The Bertz CT molecular complexity index is 386. The van der Waals surface area contributed by atoms with Crippen molar-refractivity contribution in [3.05, 3.63) is 35.4 Å². The second-order valence-corrected chi connectivity index (χ2v) is 5.23. The van der Waals surface area contributed by atoms with Gasteiger partial charge in [0, 0.05) is 17.7 Å². The quantitative estimate of drug-likeness (QED) is 0.829. The van der Waals surface area contributed by atoms with Gasteiger partial charge < -0.3 is 5.32 Å². The largest absolute Gasteiger partial charge is 0.313 e. The molecule has 1 aromatic rings. The molecule has 0 heterocycles. The number of halogens is 2. The van der Waals surface area contributed by atoms with E-state index in [1.807, 2.05) is 7.05 Å². The van der Waals surface area contributed by atoms with Gasteiger partial charge in [-0.05, 0) is 31.9 Å². The fraction of sp³-hybridized carbons (Fsp3) is 0.600. The summed E-state index contributed by atoms with van der Waals surface area (Å²) in [7, 11) is 1.84. The van der Waals surface area contributed by atoms with E-state index >= 15 is 0 Å². The first-order valence-electron chi connectivity index (χ1n) is 6.83. The van der Waals surface area contributed by atoms with Crippen molar-refractivity contribution in [2.45, 2.75) is 44.6 Å². The molecule has 1 N–H and O–H groups in total. The minimum absolute atomic E-state index is 0.00815. The van der Waals surface area contributed by atoms with Crippen LogP contribution < -0.4 is 5.32 Å². The molecule has 0 aliphatic heterocycles. The van der Waals surface area contributed by atoms with Crippen LogP contribution in [0.3, 0.4) is 0 Å². The lowest BCUT2D eigenvalue weighted by Crippen LogP contribution is -2.18. The molecule has 1 atom stereocenters. The Balaban J connectivity index is 1.98. The van der Waals surface area contributed by atoms with Crippen LogP contribution in [0.5, 0.6) is 0 Å². The lowest BCUT2D eigenvalue weighted by Gasteiger charge is -2.19. The average molecular weight is 253 g/mol. The summed E-state index contributed by atoms with van der Waals surface area (Å²) in [5.74, 6) is -0.160. The zero-order valence-electron chi connectivity index (χ0n) is 10.9. The summed E-state index contributed by atoms with van der Waals surface area (Å²) in [6.45, 7) is 0. The van der Waals surface area contributed by atoms with Gasteiger partial charge in [-0.1, -0.05) is 31.7 Å². The molecule has 0 amide bonds. The van der Waals surface area contributed by atoms with Crippen LogP contribution >= 0.6 is 0 Å². The van der Waals surface area contributed by atoms with Gasteiger partial charge in [0.15, 0.2) is 0 Å². The molecule has 18 heavy (non-hydrogen) atoms. The van der Waals surface area contributed by atoms with Crippen molar-refractivity contribution in [1.82, 2.24) is 5.32 Å². The van der Waals surface area contributed by atoms with Crippen LogP contribution in [0.4, 0.5) is 8.78 Å². The van der Waals surface area contributed by atoms with Gasteiger partial charge in [-0.15, -0.1) is 0 Å². The molecule has 0 saturated heterocycles. The van der Waals surface area contributed by atoms with Crippen molar-refractivity contribution >= 4 is 0 Å². The molecule has 2 rings (SSSR count). The van der Waals surface area contributed by atoms with Crippen LogP contribution in [0.1, 0.15) is 50.1 Å². The second kappa shape index (κ2) is 6.28. The number of benzene rings is 1. The molecular weight excluding hydrogens is 232 g/mol. The smallest absolute Gasteiger partial charge is 0.130 e. The predicted molar refractivity (Wildman–Crippen MR) is 69.4 cm³/mol. The molecular formula is C15H21F2N. The average Bonchev–Trinajstić information content (AvgIpc) is 2.85. The zero-order valence-corrected chi connectivity index (χ0v) is 10.9. The maximum atomic E-state index is 13.7. The molecule has 1 aliphatic carbocycles. The number of rotatable bonds is 5. The highest BCUT2D eigenvalue weighted by atomic mass is 19.1. The molecule has 0 aromatic heterocycles. The van der Waals surface area contributed by atoms with Crippen LogP contribution in [0.25, 0.3) is 0 Å². The van der Waals surface area contributed by atoms with Gasteiger partial charge in [-0.25, -0.2) is 8.78 Å². The van der Waals surface area contributed by atoms with E-state index in [9.17, 15) is 8.78 Å². The van der Waals surface area contributed by atoms with E-state index in [0.29, 0.717) is 5.56 Å². The van der Waals surface area contributed by atoms with Crippen LogP contribution in [0.2, 0.25) is 0 Å². The van der Waals surface area contributed by atoms with Crippen LogP contribution in [-0.2, 0) is 0 Å². The first-order valence-corrected chi connectivity index (χ1v) is 6.83. The van der Waals surface area contributed by atoms with E-state index in [2.05, 4.69) is 5.32 Å². The summed E-state index contributed by atoms with van der Waals surface area (Å²) in [5, 5.41) is 3.14. The predicted octanol–water partition coefficient (Wildman–Crippen LogP) is 4.20. The first-order chi connectivity index (χ1) is 8.70. The fourth-order valence-corrected chi connectivity index (χ4v) is 2.94. The van der Waals surface area contributed by atoms with E-state index < -0.39 is 11.6 Å². The maximum absolute atomic E-state index is 13.7. The minimum atomic E-state index is -0.512. The Morgan fingerprint density at radius 1 is 1.28 bits per heavy atom. The summed E-state index contributed by atoms with van der Waals surface area (Å²) >= 11 is 0. The summed E-state index contributed by atoms with van der Waals surface area (Å²) in [5.41, 5.74) is 0.580. The molecule has 1 nitrogen and oxygen atoms in total. The van der Waals surface area contributed by atoms with Crippen LogP contribution in [-0.4, -0.2) is 7.05 Å². The third kappa shape index (κ3) is 3.29. The summed E-state index contributed by atoms with van der Waals surface area (Å²) < 4.78 is 26.6. The normalized spacial score (nSPS) is 18.2. The molecule has 100 valence electrons. The molecule has 1 saturated carbocycles. The fourth-order valence-electron chi connectivity index (χ4n) is 2.94. The van der Waals surface area contributed by atoms with Gasteiger partial charge in [0.25, 0.3) is 0 Å². The topological polar surface area (TPSA) is 12.0 Å². The molecule has 1 aliphatic rings. The van der Waals surface area contributed by atoms with Gasteiger partial charge in [0.05, 0.1) is 0 Å². The van der Waals surface area contributed by atoms with E-state index in [1.54, 1.807) is 6.07 Å². The highest BCUT2D eigenvalue weighted by Crippen LogP contribution is 2.31. The SMILES string of the molecule is CNC(CCC1CCCC1)c1ccc(F)cc1F. The lowest BCUT2D eigenvalue weighted by atomic mass is 9.94. The van der Waals surface area contributed by atoms with E-state index in [0.717, 1.165) is 24.8 Å². The van der Waals surface area contributed by atoms with Crippen molar-refractivity contribution in [2.75, 3.05) is 7.05 Å². The van der Waals surface area contributed by atoms with E-state index in [4.69, 9.17) is 0 Å². The first kappa shape index (κ1) is 13.5. The zero-order chi connectivity index (χ0) is 13.0. The van der Waals surface area contributed by atoms with Gasteiger partial charge in [-0.3, -0.25) is 0 Å². The molecule has 1 fully saturated rings. The lowest BCUT2D eigenvalue weighted by molar-refractivity contribution is 0.417. The molecule has 1 unspecified atom stereocenters. The van der Waals surface area contributed by atoms with Crippen molar-refractivity contribution in [1.29, 1.82) is 0 Å². The summed E-state index contributed by atoms with van der Waals surface area (Å²) in [4.78, 5) is 0. The maximum Gasteiger partial charge on any atom is 0.130 e. The van der Waals surface area contributed by atoms with Crippen LogP contribution in [0, 0.1) is 17.6 Å². The van der Waals surface area contributed by atoms with Gasteiger partial charge in [0.1, 0.15) is 11.6 Å². The van der Waals surface area contributed by atoms with E-state index in [-0.39, 0.29) is 6.04 Å². The third-order valence-corrected chi connectivity index (χ3v) is 4.02. The Kier molecular flexibility index (Phi) is 4.70. The minimum Gasteiger partial charge on any atom is -0.313 e. The molecule has 0 spiro atoms. The Hall–Kier alpha value is -0.960. The number of hydrogen-bond donors (Lipinski definition) is 1. The van der Waals surface area contributed by atoms with Gasteiger partial charge in [-0.2, -0.15) is 0 Å². The molecule has 1 aromatic carbocycles. The third-order valence-electron chi connectivity index (χ3n) is 4.02. The number of nitrogens with one attached hydrogen (secondary N) is 1. The van der Waals surface area contributed by atoms with Crippen LogP contribution in [0.15, 0.2) is 18.2 Å². The van der Waals surface area contributed by atoms with E-state index in [1.165, 1.54) is 31.7 Å². The summed E-state index contributed by atoms with van der Waals surface area (Å²) in [6, 6.07) is 3.85. The van der Waals surface area contributed by atoms with Crippen molar-refractivity contribution in [3.63, 3.8) is 0 Å². The van der Waals surface area contributed by atoms with Crippen molar-refractivity contribution in [3.8, 4) is 0 Å². The molecule has 3 heteroatoms. The summed E-state index contributed by atoms with van der Waals surface area (Å²) in [6.07, 6.45) is 7.33. The second-order valence-electron chi connectivity index (χ2n) is 5.23. The Morgan fingerprint density at radius 2 is 2.00 bits per heavy atom. The Morgan fingerprint density at radius 3 is 2.61 bits per heavy atom. The monoisotopic (exact) mass is 253 g/mol. The van der Waals surface area contributed by atoms with Gasteiger partial charge >= 0.3 is 0 Å². The van der Waals surface area contributed by atoms with Crippen molar-refractivity contribution < 1.29 is 8.78 Å². The molecule has 0 bridgehead atoms. The Labute approximate surface area is 108 Å². The highest BCUT2D eigenvalue weighted by molar-refractivity contribution is 5.22. The molecule has 0 radical (unpaired) electrons. The van der Waals surface area contributed by atoms with Crippen molar-refractivity contribution in [2.24, 2.45) is 5.92 Å².